The summed E-state index contributed by atoms with van der Waals surface area (Å²) >= 11 is 0. The quantitative estimate of drug-likeness (QED) is 0.545. The van der Waals surface area contributed by atoms with Gasteiger partial charge in [-0.05, 0) is 13.8 Å². The molecular weight excluding hydrogens is 254 g/mol. The molecule has 0 aromatic heterocycles. The summed E-state index contributed by atoms with van der Waals surface area (Å²) < 4.78 is 16.8. The number of hydrogen-bond donors (Lipinski definition) is 3. The number of hydrogen-bond acceptors (Lipinski definition) is 7. The highest BCUT2D eigenvalue weighted by Crippen LogP contribution is 2.37. The molecule has 7 nitrogen and oxygen atoms in total. The molecule has 2 saturated heterocycles. The van der Waals surface area contributed by atoms with Gasteiger partial charge in [0.1, 0.15) is 18.3 Å². The molecule has 0 aromatic rings. The molecule has 2 aliphatic heterocycles. The lowest BCUT2D eigenvalue weighted by Crippen LogP contribution is -2.43. The van der Waals surface area contributed by atoms with Gasteiger partial charge in [-0.15, -0.1) is 0 Å². The molecule has 2 fully saturated rings. The zero-order valence-electron chi connectivity index (χ0n) is 11.4. The SMILES string of the molecule is CC1(C)O[C@H]2O[C@H](CN(CCO)CCO)[C@@H](O)[C@@H]2O1. The van der Waals surface area contributed by atoms with Gasteiger partial charge in [0, 0.05) is 19.6 Å². The van der Waals surface area contributed by atoms with Crippen LogP contribution in [0.1, 0.15) is 13.8 Å². The largest absolute Gasteiger partial charge is 0.395 e. The summed E-state index contributed by atoms with van der Waals surface area (Å²) in [6, 6.07) is 0. The zero-order valence-corrected chi connectivity index (χ0v) is 11.4. The molecule has 0 spiro atoms. The Morgan fingerprint density at radius 1 is 1.11 bits per heavy atom. The molecule has 2 heterocycles. The summed E-state index contributed by atoms with van der Waals surface area (Å²) in [6.45, 7) is 4.82. The summed E-state index contributed by atoms with van der Waals surface area (Å²) in [6.07, 6.45) is -2.25. The lowest BCUT2D eigenvalue weighted by Gasteiger charge is -2.27. The molecule has 2 rings (SSSR count). The second kappa shape index (κ2) is 6.01. The van der Waals surface area contributed by atoms with Gasteiger partial charge in [0.05, 0.1) is 13.2 Å². The minimum Gasteiger partial charge on any atom is -0.395 e. The second-order valence-corrected chi connectivity index (χ2v) is 5.38. The summed E-state index contributed by atoms with van der Waals surface area (Å²) in [7, 11) is 0. The first-order valence-corrected chi connectivity index (χ1v) is 6.60. The van der Waals surface area contributed by atoms with E-state index in [2.05, 4.69) is 0 Å². The molecule has 0 bridgehead atoms. The summed E-state index contributed by atoms with van der Waals surface area (Å²) in [5.74, 6) is -0.739. The monoisotopic (exact) mass is 277 g/mol. The standard InChI is InChI=1S/C12H23NO6/c1-12(2)18-10-9(16)8(17-11(10)19-12)7-13(3-5-14)4-6-15/h8-11,14-16H,3-7H2,1-2H3/t8-,9-,10+,11-/m1/s1. The van der Waals surface area contributed by atoms with Crippen molar-refractivity contribution in [2.45, 2.75) is 44.2 Å². The molecule has 19 heavy (non-hydrogen) atoms. The molecule has 0 saturated carbocycles. The Morgan fingerprint density at radius 2 is 1.74 bits per heavy atom. The van der Waals surface area contributed by atoms with Crippen molar-refractivity contribution in [3.63, 3.8) is 0 Å². The highest BCUT2D eigenvalue weighted by atomic mass is 16.8. The Hall–Kier alpha value is -0.280. The van der Waals surface area contributed by atoms with Crippen molar-refractivity contribution in [1.29, 1.82) is 0 Å². The number of rotatable bonds is 6. The average molecular weight is 277 g/mol. The predicted octanol–water partition coefficient (Wildman–Crippen LogP) is -1.49. The van der Waals surface area contributed by atoms with Crippen molar-refractivity contribution in [1.82, 2.24) is 4.90 Å². The third-order valence-corrected chi connectivity index (χ3v) is 3.39. The van der Waals surface area contributed by atoms with Gasteiger partial charge in [-0.3, -0.25) is 4.90 Å². The van der Waals surface area contributed by atoms with Crippen molar-refractivity contribution < 1.29 is 29.5 Å². The third-order valence-electron chi connectivity index (χ3n) is 3.39. The molecule has 0 unspecified atom stereocenters. The van der Waals surface area contributed by atoms with Gasteiger partial charge in [-0.1, -0.05) is 0 Å². The predicted molar refractivity (Wildman–Crippen MR) is 65.3 cm³/mol. The first kappa shape index (κ1) is 15.1. The molecular formula is C12H23NO6. The van der Waals surface area contributed by atoms with E-state index in [0.29, 0.717) is 19.6 Å². The van der Waals surface area contributed by atoms with E-state index in [0.717, 1.165) is 0 Å². The van der Waals surface area contributed by atoms with E-state index in [-0.39, 0.29) is 13.2 Å². The smallest absolute Gasteiger partial charge is 0.190 e. The van der Waals surface area contributed by atoms with Crippen LogP contribution in [0.5, 0.6) is 0 Å². The summed E-state index contributed by atoms with van der Waals surface area (Å²) in [4.78, 5) is 1.83. The highest BCUT2D eigenvalue weighted by Gasteiger charge is 2.54. The minimum absolute atomic E-state index is 0.00426. The molecule has 0 radical (unpaired) electrons. The normalized spacial score (nSPS) is 36.9. The van der Waals surface area contributed by atoms with Gasteiger partial charge in [0.2, 0.25) is 0 Å². The van der Waals surface area contributed by atoms with E-state index in [1.54, 1.807) is 13.8 Å². The van der Waals surface area contributed by atoms with Crippen molar-refractivity contribution in [2.75, 3.05) is 32.8 Å². The van der Waals surface area contributed by atoms with Gasteiger partial charge < -0.3 is 29.5 Å². The van der Waals surface area contributed by atoms with E-state index in [1.807, 2.05) is 4.90 Å². The van der Waals surface area contributed by atoms with Crippen LogP contribution in [-0.2, 0) is 14.2 Å². The Kier molecular flexibility index (Phi) is 4.78. The van der Waals surface area contributed by atoms with E-state index in [1.165, 1.54) is 0 Å². The molecule has 3 N–H and O–H groups in total. The summed E-state index contributed by atoms with van der Waals surface area (Å²) in [5.41, 5.74) is 0. The number of nitrogens with zero attached hydrogens (tertiary/aromatic N) is 1. The van der Waals surface area contributed by atoms with E-state index < -0.39 is 30.4 Å². The van der Waals surface area contributed by atoms with Crippen molar-refractivity contribution in [2.24, 2.45) is 0 Å². The minimum atomic E-state index is -0.772. The number of fused-ring (bicyclic) bond motifs is 1. The molecule has 0 amide bonds. The van der Waals surface area contributed by atoms with Crippen LogP contribution in [0.3, 0.4) is 0 Å². The Labute approximate surface area is 112 Å². The summed E-state index contributed by atoms with van der Waals surface area (Å²) in [5, 5.41) is 28.1. The van der Waals surface area contributed by atoms with E-state index >= 15 is 0 Å². The Balaban J connectivity index is 1.90. The van der Waals surface area contributed by atoms with Crippen LogP contribution >= 0.6 is 0 Å². The van der Waals surface area contributed by atoms with Gasteiger partial charge in [0.25, 0.3) is 0 Å². The van der Waals surface area contributed by atoms with Crippen LogP contribution in [0.4, 0.5) is 0 Å². The fraction of sp³-hybridized carbons (Fsp3) is 1.00. The lowest BCUT2D eigenvalue weighted by atomic mass is 10.1. The molecule has 112 valence electrons. The van der Waals surface area contributed by atoms with Crippen LogP contribution in [0, 0.1) is 0 Å². The van der Waals surface area contributed by atoms with Crippen LogP contribution in [0.15, 0.2) is 0 Å². The molecule has 2 aliphatic rings. The zero-order chi connectivity index (χ0) is 14.0. The molecule has 0 aliphatic carbocycles. The second-order valence-electron chi connectivity index (χ2n) is 5.38. The lowest BCUT2D eigenvalue weighted by molar-refractivity contribution is -0.216. The van der Waals surface area contributed by atoms with Crippen molar-refractivity contribution in [3.05, 3.63) is 0 Å². The van der Waals surface area contributed by atoms with Crippen LogP contribution in [0.2, 0.25) is 0 Å². The maximum atomic E-state index is 10.2. The van der Waals surface area contributed by atoms with Crippen LogP contribution in [0.25, 0.3) is 0 Å². The number of aliphatic hydroxyl groups is 3. The van der Waals surface area contributed by atoms with Gasteiger partial charge in [0.15, 0.2) is 12.1 Å². The first-order chi connectivity index (χ1) is 8.96. The van der Waals surface area contributed by atoms with Crippen molar-refractivity contribution in [3.8, 4) is 0 Å². The molecule has 0 aromatic carbocycles. The third kappa shape index (κ3) is 3.43. The van der Waals surface area contributed by atoms with Gasteiger partial charge in [-0.25, -0.2) is 0 Å². The maximum absolute atomic E-state index is 10.2. The fourth-order valence-electron chi connectivity index (χ4n) is 2.54. The highest BCUT2D eigenvalue weighted by molar-refractivity contribution is 4.94. The van der Waals surface area contributed by atoms with Crippen LogP contribution < -0.4 is 0 Å². The maximum Gasteiger partial charge on any atom is 0.190 e. The molecule has 4 atom stereocenters. The number of aliphatic hydroxyl groups excluding tert-OH is 3. The van der Waals surface area contributed by atoms with Crippen LogP contribution in [-0.4, -0.2) is 83.5 Å². The van der Waals surface area contributed by atoms with Gasteiger partial charge in [-0.2, -0.15) is 0 Å². The Morgan fingerprint density at radius 3 is 2.26 bits per heavy atom. The van der Waals surface area contributed by atoms with Crippen molar-refractivity contribution >= 4 is 0 Å². The topological polar surface area (TPSA) is 91.6 Å². The van der Waals surface area contributed by atoms with E-state index in [4.69, 9.17) is 24.4 Å². The van der Waals surface area contributed by atoms with E-state index in [9.17, 15) is 5.11 Å². The number of ether oxygens (including phenoxy) is 3. The first-order valence-electron chi connectivity index (χ1n) is 6.60. The fourth-order valence-corrected chi connectivity index (χ4v) is 2.54. The molecule has 7 heteroatoms. The Bertz CT molecular complexity index is 294. The van der Waals surface area contributed by atoms with Gasteiger partial charge >= 0.3 is 0 Å². The average Bonchev–Trinajstić information content (AvgIpc) is 2.75.